The molecule has 18 heavy (non-hydrogen) atoms. The second kappa shape index (κ2) is 5.52. The topological polar surface area (TPSA) is 37.3 Å². The van der Waals surface area contributed by atoms with Gasteiger partial charge in [-0.2, -0.15) is 0 Å². The Morgan fingerprint density at radius 1 is 0.944 bits per heavy atom. The van der Waals surface area contributed by atoms with Crippen LogP contribution in [0, 0.1) is 0 Å². The van der Waals surface area contributed by atoms with Crippen LogP contribution in [0.1, 0.15) is 11.1 Å². The molecule has 0 heterocycles. The molecule has 0 aliphatic carbocycles. The number of hydrogen-bond acceptors (Lipinski definition) is 2. The summed E-state index contributed by atoms with van der Waals surface area (Å²) < 4.78 is 0. The molecule has 0 spiro atoms. The summed E-state index contributed by atoms with van der Waals surface area (Å²) in [5, 5.41) is 9.95. The summed E-state index contributed by atoms with van der Waals surface area (Å²) in [5.41, 5.74) is 1.41. The van der Waals surface area contributed by atoms with E-state index in [-0.39, 0.29) is 5.75 Å². The lowest BCUT2D eigenvalue weighted by Gasteiger charge is -1.93. The maximum absolute atomic E-state index is 11.2. The van der Waals surface area contributed by atoms with Crippen molar-refractivity contribution >= 4 is 23.8 Å². The first-order chi connectivity index (χ1) is 8.65. The zero-order chi connectivity index (χ0) is 13.0. The van der Waals surface area contributed by atoms with E-state index in [4.69, 9.17) is 11.6 Å². The number of benzene rings is 1. The van der Waals surface area contributed by atoms with E-state index >= 15 is 0 Å². The highest BCUT2D eigenvalue weighted by Crippen LogP contribution is 2.13. The molecule has 2 nitrogen and oxygen atoms in total. The maximum atomic E-state index is 11.2. The molecule has 90 valence electrons. The maximum Gasteiger partial charge on any atom is 0.220 e. The first-order valence-corrected chi connectivity index (χ1v) is 5.80. The van der Waals surface area contributed by atoms with Gasteiger partial charge in [-0.05, 0) is 35.4 Å². The largest absolute Gasteiger partial charge is 0.504 e. The van der Waals surface area contributed by atoms with Crippen molar-refractivity contribution in [3.05, 3.63) is 74.9 Å². The van der Waals surface area contributed by atoms with Crippen LogP contribution >= 0.6 is 11.6 Å². The van der Waals surface area contributed by atoms with E-state index in [1.807, 2.05) is 36.4 Å². The SMILES string of the molecule is O=c1ccc(/C=C/c2cccc(Cl)c2)ccc1O. The molecule has 0 bridgehead atoms. The summed E-state index contributed by atoms with van der Waals surface area (Å²) in [4.78, 5) is 11.2. The lowest BCUT2D eigenvalue weighted by molar-refractivity contribution is 0.471. The molecule has 0 saturated carbocycles. The fraction of sp³-hybridized carbons (Fsp3) is 0. The molecular formula is C15H11ClO2. The number of halogens is 1. The molecule has 0 atom stereocenters. The second-order valence-electron chi connectivity index (χ2n) is 3.80. The fourth-order valence-corrected chi connectivity index (χ4v) is 1.68. The summed E-state index contributed by atoms with van der Waals surface area (Å²) in [7, 11) is 0. The van der Waals surface area contributed by atoms with Gasteiger partial charge in [0, 0.05) is 5.02 Å². The molecule has 2 aromatic carbocycles. The van der Waals surface area contributed by atoms with Gasteiger partial charge in [-0.15, -0.1) is 0 Å². The molecule has 0 aliphatic rings. The Labute approximate surface area is 110 Å². The average Bonchev–Trinajstić information content (AvgIpc) is 2.51. The monoisotopic (exact) mass is 258 g/mol. The van der Waals surface area contributed by atoms with E-state index in [2.05, 4.69) is 0 Å². The standard InChI is InChI=1S/C15H11ClO2/c16-13-3-1-2-12(10-13)5-4-11-6-8-14(17)15(18)9-7-11/h1-10H,(H,17,18)/b5-4+. The predicted molar refractivity (Wildman–Crippen MR) is 74.8 cm³/mol. The Bertz CT molecular complexity index is 648. The number of hydrogen-bond donors (Lipinski definition) is 1. The fourth-order valence-electron chi connectivity index (χ4n) is 1.48. The zero-order valence-corrected chi connectivity index (χ0v) is 10.3. The lowest BCUT2D eigenvalue weighted by atomic mass is 10.2. The van der Waals surface area contributed by atoms with Crippen molar-refractivity contribution in [2.75, 3.05) is 0 Å². The summed E-state index contributed by atoms with van der Waals surface area (Å²) >= 11 is 5.88. The first-order valence-electron chi connectivity index (χ1n) is 5.42. The third-order valence-corrected chi connectivity index (χ3v) is 2.67. The Morgan fingerprint density at radius 3 is 2.44 bits per heavy atom. The molecule has 2 rings (SSSR count). The minimum Gasteiger partial charge on any atom is -0.504 e. The lowest BCUT2D eigenvalue weighted by Crippen LogP contribution is -1.91. The van der Waals surface area contributed by atoms with Crippen molar-refractivity contribution in [2.24, 2.45) is 0 Å². The highest BCUT2D eigenvalue weighted by Gasteiger charge is 1.93. The van der Waals surface area contributed by atoms with Crippen molar-refractivity contribution in [3.8, 4) is 5.75 Å². The van der Waals surface area contributed by atoms with E-state index < -0.39 is 5.43 Å². The highest BCUT2D eigenvalue weighted by atomic mass is 35.5. The van der Waals surface area contributed by atoms with E-state index in [1.165, 1.54) is 12.1 Å². The van der Waals surface area contributed by atoms with Crippen LogP contribution < -0.4 is 5.43 Å². The van der Waals surface area contributed by atoms with Crippen LogP contribution in [-0.4, -0.2) is 5.11 Å². The van der Waals surface area contributed by atoms with E-state index in [1.54, 1.807) is 12.1 Å². The predicted octanol–water partition coefficient (Wildman–Crippen LogP) is 3.58. The Kier molecular flexibility index (Phi) is 3.80. The van der Waals surface area contributed by atoms with Gasteiger partial charge in [0.15, 0.2) is 5.75 Å². The van der Waals surface area contributed by atoms with Gasteiger partial charge in [-0.25, -0.2) is 0 Å². The van der Waals surface area contributed by atoms with Crippen molar-refractivity contribution in [2.45, 2.75) is 0 Å². The summed E-state index contributed by atoms with van der Waals surface area (Å²) in [6.07, 6.45) is 3.74. The molecule has 1 N–H and O–H groups in total. The number of rotatable bonds is 2. The van der Waals surface area contributed by atoms with Crippen LogP contribution in [0.5, 0.6) is 5.75 Å². The van der Waals surface area contributed by atoms with Gasteiger partial charge in [-0.1, -0.05) is 48.0 Å². The van der Waals surface area contributed by atoms with Gasteiger partial charge >= 0.3 is 0 Å². The molecule has 0 amide bonds. The average molecular weight is 259 g/mol. The third-order valence-electron chi connectivity index (χ3n) is 2.43. The van der Waals surface area contributed by atoms with Crippen molar-refractivity contribution < 1.29 is 5.11 Å². The second-order valence-corrected chi connectivity index (χ2v) is 4.24. The normalized spacial score (nSPS) is 10.7. The molecule has 0 unspecified atom stereocenters. The van der Waals surface area contributed by atoms with E-state index in [0.29, 0.717) is 5.02 Å². The van der Waals surface area contributed by atoms with Crippen LogP contribution in [0.15, 0.2) is 53.3 Å². The van der Waals surface area contributed by atoms with Crippen molar-refractivity contribution in [1.82, 2.24) is 0 Å². The van der Waals surface area contributed by atoms with Gasteiger partial charge in [0.05, 0.1) is 0 Å². The molecule has 0 saturated heterocycles. The summed E-state index contributed by atoms with van der Waals surface area (Å²) in [6.45, 7) is 0. The molecule has 0 fully saturated rings. The zero-order valence-electron chi connectivity index (χ0n) is 9.51. The summed E-state index contributed by atoms with van der Waals surface area (Å²) in [6, 6.07) is 13.5. The Morgan fingerprint density at radius 2 is 1.67 bits per heavy atom. The van der Waals surface area contributed by atoms with Gasteiger partial charge in [0.25, 0.3) is 0 Å². The quantitative estimate of drug-likeness (QED) is 0.894. The van der Waals surface area contributed by atoms with Crippen LogP contribution in [-0.2, 0) is 0 Å². The van der Waals surface area contributed by atoms with Crippen LogP contribution in [0.25, 0.3) is 12.2 Å². The van der Waals surface area contributed by atoms with Crippen LogP contribution in [0.3, 0.4) is 0 Å². The molecule has 0 aliphatic heterocycles. The smallest absolute Gasteiger partial charge is 0.220 e. The Balaban J connectivity index is 2.30. The van der Waals surface area contributed by atoms with Gasteiger partial charge in [0.2, 0.25) is 5.43 Å². The first kappa shape index (κ1) is 12.4. The van der Waals surface area contributed by atoms with Crippen LogP contribution in [0.4, 0.5) is 0 Å². The van der Waals surface area contributed by atoms with Gasteiger partial charge in [-0.3, -0.25) is 4.79 Å². The van der Waals surface area contributed by atoms with E-state index in [9.17, 15) is 9.90 Å². The van der Waals surface area contributed by atoms with E-state index in [0.717, 1.165) is 11.1 Å². The Hall–Kier alpha value is -2.06. The number of aromatic hydroxyl groups is 1. The van der Waals surface area contributed by atoms with Gasteiger partial charge < -0.3 is 5.11 Å². The van der Waals surface area contributed by atoms with Crippen LogP contribution in [0.2, 0.25) is 5.02 Å². The van der Waals surface area contributed by atoms with Crippen molar-refractivity contribution in [1.29, 1.82) is 0 Å². The molecule has 2 aromatic rings. The molecule has 0 radical (unpaired) electrons. The summed E-state index contributed by atoms with van der Waals surface area (Å²) in [5.74, 6) is -0.252. The van der Waals surface area contributed by atoms with Crippen molar-refractivity contribution in [3.63, 3.8) is 0 Å². The van der Waals surface area contributed by atoms with Gasteiger partial charge in [0.1, 0.15) is 0 Å². The highest BCUT2D eigenvalue weighted by molar-refractivity contribution is 6.30. The molecular weight excluding hydrogens is 248 g/mol. The minimum atomic E-state index is -0.391. The molecule has 3 heteroatoms. The molecule has 0 aromatic heterocycles. The third kappa shape index (κ3) is 3.22. The minimum absolute atomic E-state index is 0.252.